The fourth-order valence-corrected chi connectivity index (χ4v) is 3.32. The first kappa shape index (κ1) is 23.7. The number of carbonyl (C=O) groups excluding carboxylic acids is 1. The molecular weight excluding hydrogens is 451 g/mol. The summed E-state index contributed by atoms with van der Waals surface area (Å²) < 4.78 is 0. The Labute approximate surface area is 181 Å². The van der Waals surface area contributed by atoms with Gasteiger partial charge in [0.25, 0.3) is 0 Å². The van der Waals surface area contributed by atoms with E-state index in [2.05, 4.69) is 46.1 Å². The number of halogens is 1. The summed E-state index contributed by atoms with van der Waals surface area (Å²) in [4.78, 5) is 16.6. The Balaban J connectivity index is 0.00000364. The molecule has 1 aromatic rings. The van der Waals surface area contributed by atoms with Gasteiger partial charge in [-0.15, -0.1) is 24.0 Å². The molecule has 152 valence electrons. The van der Waals surface area contributed by atoms with Gasteiger partial charge in [-0.3, -0.25) is 9.79 Å². The summed E-state index contributed by atoms with van der Waals surface area (Å²) in [6.07, 6.45) is 4.98. The molecule has 5 nitrogen and oxygen atoms in total. The highest BCUT2D eigenvalue weighted by molar-refractivity contribution is 14.0. The highest BCUT2D eigenvalue weighted by Crippen LogP contribution is 2.24. The second-order valence-electron chi connectivity index (χ2n) is 7.76. The number of benzene rings is 1. The molecule has 1 aromatic carbocycles. The van der Waals surface area contributed by atoms with Crippen LogP contribution in [-0.2, 0) is 17.6 Å². The standard InChI is InChI=1S/C21H34N4O.HI/c1-6-23-20(24-14-21(3,4)19(26)22-5)25-15(2)17-12-11-16-9-7-8-10-18(16)13-17;/h11-13,15H,6-10,14H2,1-5H3,(H,22,26)(H2,23,24,25);1H. The van der Waals surface area contributed by atoms with Gasteiger partial charge in [0.2, 0.25) is 5.91 Å². The minimum atomic E-state index is -0.536. The molecule has 0 aliphatic heterocycles. The Morgan fingerprint density at radius 2 is 1.89 bits per heavy atom. The zero-order valence-corrected chi connectivity index (χ0v) is 19.6. The second kappa shape index (κ2) is 10.9. The van der Waals surface area contributed by atoms with Crippen LogP contribution in [0.4, 0.5) is 0 Å². The van der Waals surface area contributed by atoms with Crippen molar-refractivity contribution in [3.63, 3.8) is 0 Å². The number of nitrogens with zero attached hydrogens (tertiary/aromatic N) is 1. The summed E-state index contributed by atoms with van der Waals surface area (Å²) in [7, 11) is 1.66. The van der Waals surface area contributed by atoms with Crippen LogP contribution in [0.5, 0.6) is 0 Å². The van der Waals surface area contributed by atoms with Gasteiger partial charge in [0, 0.05) is 13.6 Å². The van der Waals surface area contributed by atoms with E-state index in [4.69, 9.17) is 0 Å². The number of hydrogen-bond acceptors (Lipinski definition) is 2. The van der Waals surface area contributed by atoms with Crippen LogP contribution in [0.3, 0.4) is 0 Å². The predicted molar refractivity (Wildman–Crippen MR) is 124 cm³/mol. The van der Waals surface area contributed by atoms with Gasteiger partial charge in [0.1, 0.15) is 0 Å². The molecule has 1 unspecified atom stereocenters. The molecule has 27 heavy (non-hydrogen) atoms. The summed E-state index contributed by atoms with van der Waals surface area (Å²) in [6, 6.07) is 6.99. The third kappa shape index (κ3) is 6.66. The fraction of sp³-hybridized carbons (Fsp3) is 0.619. The monoisotopic (exact) mass is 486 g/mol. The first-order chi connectivity index (χ1) is 12.4. The molecule has 0 radical (unpaired) electrons. The van der Waals surface area contributed by atoms with Crippen LogP contribution >= 0.6 is 24.0 Å². The number of guanidine groups is 1. The van der Waals surface area contributed by atoms with E-state index in [-0.39, 0.29) is 35.9 Å². The van der Waals surface area contributed by atoms with Crippen molar-refractivity contribution >= 4 is 35.8 Å². The number of aliphatic imine (C=N–C) groups is 1. The lowest BCUT2D eigenvalue weighted by Gasteiger charge is -2.23. The summed E-state index contributed by atoms with van der Waals surface area (Å²) in [5, 5.41) is 9.47. The molecule has 1 aliphatic rings. The Bertz CT molecular complexity index is 658. The molecular formula is C21H35IN4O. The number of nitrogens with one attached hydrogen (secondary N) is 3. The number of carbonyl (C=O) groups is 1. The lowest BCUT2D eigenvalue weighted by Crippen LogP contribution is -2.41. The van der Waals surface area contributed by atoms with Crippen molar-refractivity contribution in [2.75, 3.05) is 20.1 Å². The van der Waals surface area contributed by atoms with Crippen LogP contribution in [-0.4, -0.2) is 32.0 Å². The molecule has 0 saturated heterocycles. The average molecular weight is 486 g/mol. The van der Waals surface area contributed by atoms with Gasteiger partial charge in [0.15, 0.2) is 5.96 Å². The molecule has 1 amide bonds. The number of rotatable bonds is 6. The molecule has 3 N–H and O–H groups in total. The lowest BCUT2D eigenvalue weighted by molar-refractivity contribution is -0.128. The molecule has 0 heterocycles. The zero-order chi connectivity index (χ0) is 19.2. The first-order valence-corrected chi connectivity index (χ1v) is 9.76. The van der Waals surface area contributed by atoms with Crippen molar-refractivity contribution in [2.45, 2.75) is 59.4 Å². The van der Waals surface area contributed by atoms with Crippen molar-refractivity contribution in [2.24, 2.45) is 10.4 Å². The lowest BCUT2D eigenvalue weighted by atomic mass is 9.89. The average Bonchev–Trinajstić information content (AvgIpc) is 2.65. The summed E-state index contributed by atoms with van der Waals surface area (Å²) in [5.41, 5.74) is 3.73. The van der Waals surface area contributed by atoms with Gasteiger partial charge in [-0.25, -0.2) is 0 Å². The van der Waals surface area contributed by atoms with Gasteiger partial charge in [-0.1, -0.05) is 18.2 Å². The SMILES string of the molecule is CCNC(=NCC(C)(C)C(=O)NC)NC(C)c1ccc2c(c1)CCCC2.I. The number of amides is 1. The predicted octanol–water partition coefficient (Wildman–Crippen LogP) is 3.57. The quantitative estimate of drug-likeness (QED) is 0.327. The van der Waals surface area contributed by atoms with Crippen molar-refractivity contribution in [1.82, 2.24) is 16.0 Å². The van der Waals surface area contributed by atoms with Gasteiger partial charge in [0.05, 0.1) is 18.0 Å². The van der Waals surface area contributed by atoms with E-state index in [1.54, 1.807) is 7.05 Å². The summed E-state index contributed by atoms with van der Waals surface area (Å²) in [6.45, 7) is 9.23. The van der Waals surface area contributed by atoms with Crippen molar-refractivity contribution in [3.05, 3.63) is 34.9 Å². The molecule has 2 rings (SSSR count). The molecule has 1 aliphatic carbocycles. The minimum absolute atomic E-state index is 0. The normalized spacial score (nSPS) is 15.2. The minimum Gasteiger partial charge on any atom is -0.359 e. The van der Waals surface area contributed by atoms with E-state index in [1.807, 2.05) is 20.8 Å². The molecule has 0 bridgehead atoms. The Morgan fingerprint density at radius 3 is 2.52 bits per heavy atom. The van der Waals surface area contributed by atoms with Gasteiger partial charge in [-0.05, 0) is 70.1 Å². The van der Waals surface area contributed by atoms with E-state index >= 15 is 0 Å². The fourth-order valence-electron chi connectivity index (χ4n) is 3.32. The van der Waals surface area contributed by atoms with Gasteiger partial charge < -0.3 is 16.0 Å². The molecule has 0 spiro atoms. The maximum absolute atomic E-state index is 12.0. The van der Waals surface area contributed by atoms with Gasteiger partial charge >= 0.3 is 0 Å². The Morgan fingerprint density at radius 1 is 1.22 bits per heavy atom. The zero-order valence-electron chi connectivity index (χ0n) is 17.3. The maximum atomic E-state index is 12.0. The smallest absolute Gasteiger partial charge is 0.227 e. The number of fused-ring (bicyclic) bond motifs is 1. The van der Waals surface area contributed by atoms with Gasteiger partial charge in [-0.2, -0.15) is 0 Å². The first-order valence-electron chi connectivity index (χ1n) is 9.76. The molecule has 0 saturated carbocycles. The second-order valence-corrected chi connectivity index (χ2v) is 7.76. The van der Waals surface area contributed by atoms with Crippen LogP contribution in [0.25, 0.3) is 0 Å². The van der Waals surface area contributed by atoms with Crippen molar-refractivity contribution in [1.29, 1.82) is 0 Å². The molecule has 0 aromatic heterocycles. The van der Waals surface area contributed by atoms with Crippen LogP contribution in [0.2, 0.25) is 0 Å². The van der Waals surface area contributed by atoms with Crippen LogP contribution in [0, 0.1) is 5.41 Å². The maximum Gasteiger partial charge on any atom is 0.227 e. The van der Waals surface area contributed by atoms with Crippen LogP contribution in [0.1, 0.15) is 63.3 Å². The van der Waals surface area contributed by atoms with Crippen LogP contribution in [0.15, 0.2) is 23.2 Å². The topological polar surface area (TPSA) is 65.5 Å². The molecule has 0 fully saturated rings. The largest absolute Gasteiger partial charge is 0.359 e. The van der Waals surface area contributed by atoms with E-state index in [9.17, 15) is 4.79 Å². The highest BCUT2D eigenvalue weighted by Gasteiger charge is 2.26. The summed E-state index contributed by atoms with van der Waals surface area (Å²) in [5.74, 6) is 0.745. The van der Waals surface area contributed by atoms with Crippen molar-refractivity contribution < 1.29 is 4.79 Å². The highest BCUT2D eigenvalue weighted by atomic mass is 127. The number of aryl methyl sites for hydroxylation is 2. The number of hydrogen-bond donors (Lipinski definition) is 3. The van der Waals surface area contributed by atoms with E-state index < -0.39 is 5.41 Å². The summed E-state index contributed by atoms with van der Waals surface area (Å²) >= 11 is 0. The van der Waals surface area contributed by atoms with E-state index in [0.29, 0.717) is 6.54 Å². The Hall–Kier alpha value is -1.31. The van der Waals surface area contributed by atoms with Crippen molar-refractivity contribution in [3.8, 4) is 0 Å². The third-order valence-corrected chi connectivity index (χ3v) is 5.04. The molecule has 6 heteroatoms. The molecule has 1 atom stereocenters. The van der Waals surface area contributed by atoms with E-state index in [0.717, 1.165) is 12.5 Å². The third-order valence-electron chi connectivity index (χ3n) is 5.04. The Kier molecular flexibility index (Phi) is 9.56. The van der Waals surface area contributed by atoms with E-state index in [1.165, 1.54) is 42.4 Å². The van der Waals surface area contributed by atoms with Crippen LogP contribution < -0.4 is 16.0 Å².